The quantitative estimate of drug-likeness (QED) is 0.669. The van der Waals surface area contributed by atoms with Crippen LogP contribution in [0.4, 0.5) is 10.5 Å². The van der Waals surface area contributed by atoms with Crippen molar-refractivity contribution in [3.8, 4) is 5.75 Å². The fourth-order valence-corrected chi connectivity index (χ4v) is 3.61. The van der Waals surface area contributed by atoms with Gasteiger partial charge < -0.3 is 15.8 Å². The van der Waals surface area contributed by atoms with Crippen LogP contribution in [0, 0.1) is 5.92 Å². The summed E-state index contributed by atoms with van der Waals surface area (Å²) in [6, 6.07) is 16.5. The van der Waals surface area contributed by atoms with Crippen molar-refractivity contribution in [3.05, 3.63) is 60.2 Å². The lowest BCUT2D eigenvalue weighted by Gasteiger charge is -2.16. The summed E-state index contributed by atoms with van der Waals surface area (Å²) in [6.07, 6.45) is 0. The summed E-state index contributed by atoms with van der Waals surface area (Å²) < 4.78 is 5.07. The van der Waals surface area contributed by atoms with Crippen LogP contribution in [0.15, 0.2) is 54.6 Å². The minimum absolute atomic E-state index is 0. The molecule has 0 saturated carbocycles. The van der Waals surface area contributed by atoms with E-state index in [4.69, 9.17) is 10.5 Å². The summed E-state index contributed by atoms with van der Waals surface area (Å²) >= 11 is 0. The number of halogens is 1. The largest absolute Gasteiger partial charge is 0.497 e. The highest BCUT2D eigenvalue weighted by Gasteiger charge is 2.33. The third-order valence-electron chi connectivity index (χ3n) is 5.02. The first-order chi connectivity index (χ1) is 13.6. The molecule has 2 atom stereocenters. The molecule has 3 rings (SSSR count). The van der Waals surface area contributed by atoms with E-state index in [1.807, 2.05) is 23.1 Å². The van der Waals surface area contributed by atoms with Crippen LogP contribution < -0.4 is 21.1 Å². The maximum absolute atomic E-state index is 12.3. The molecule has 0 aliphatic carbocycles. The van der Waals surface area contributed by atoms with E-state index in [1.165, 1.54) is 5.56 Å². The number of carbonyl (C=O) groups is 2. The molecule has 8 heteroatoms. The third kappa shape index (κ3) is 6.19. The lowest BCUT2D eigenvalue weighted by atomic mass is 9.89. The second-order valence-electron chi connectivity index (χ2n) is 6.94. The molecule has 7 nitrogen and oxygen atoms in total. The van der Waals surface area contributed by atoms with E-state index in [2.05, 4.69) is 22.8 Å². The Morgan fingerprint density at radius 1 is 1.10 bits per heavy atom. The van der Waals surface area contributed by atoms with E-state index in [9.17, 15) is 9.59 Å². The van der Waals surface area contributed by atoms with Crippen molar-refractivity contribution in [1.82, 2.24) is 10.2 Å². The predicted octanol–water partition coefficient (Wildman–Crippen LogP) is 2.44. The van der Waals surface area contributed by atoms with Gasteiger partial charge in [0, 0.05) is 24.7 Å². The number of nitrogens with zero attached hydrogens (tertiary/aromatic N) is 1. The van der Waals surface area contributed by atoms with Crippen molar-refractivity contribution >= 4 is 30.0 Å². The molecule has 1 aliphatic rings. The first kappa shape index (κ1) is 22.7. The van der Waals surface area contributed by atoms with Gasteiger partial charge in [0.25, 0.3) is 0 Å². The average molecular weight is 419 g/mol. The van der Waals surface area contributed by atoms with Crippen LogP contribution in [0.25, 0.3) is 0 Å². The van der Waals surface area contributed by atoms with Crippen LogP contribution in [0.2, 0.25) is 0 Å². The smallest absolute Gasteiger partial charge is 0.325 e. The molecule has 1 aliphatic heterocycles. The number of carbonyl (C=O) groups excluding carboxylic acids is 2. The molecule has 1 heterocycles. The minimum Gasteiger partial charge on any atom is -0.497 e. The van der Waals surface area contributed by atoms with Crippen molar-refractivity contribution in [1.29, 1.82) is 0 Å². The zero-order valence-electron chi connectivity index (χ0n) is 16.3. The number of amides is 3. The molecule has 0 unspecified atom stereocenters. The number of hydrogen-bond donors (Lipinski definition) is 3. The van der Waals surface area contributed by atoms with Gasteiger partial charge >= 0.3 is 6.03 Å². The SMILES string of the molecule is COc1ccc(NC(=O)NC(=O)CN2C[C@@H](CN)[C@H](c3ccccc3)C2)cc1.Cl. The molecule has 0 spiro atoms. The van der Waals surface area contributed by atoms with Gasteiger partial charge in [0.15, 0.2) is 0 Å². The Morgan fingerprint density at radius 2 is 1.79 bits per heavy atom. The van der Waals surface area contributed by atoms with Gasteiger partial charge in [-0.3, -0.25) is 15.0 Å². The van der Waals surface area contributed by atoms with Gasteiger partial charge in [-0.1, -0.05) is 30.3 Å². The fraction of sp³-hybridized carbons (Fsp3) is 0.333. The van der Waals surface area contributed by atoms with Gasteiger partial charge in [-0.15, -0.1) is 12.4 Å². The molecule has 0 aromatic heterocycles. The molecule has 2 aromatic carbocycles. The third-order valence-corrected chi connectivity index (χ3v) is 5.02. The van der Waals surface area contributed by atoms with Crippen molar-refractivity contribution in [3.63, 3.8) is 0 Å². The van der Waals surface area contributed by atoms with Crippen molar-refractivity contribution in [2.45, 2.75) is 5.92 Å². The normalized spacial score (nSPS) is 18.6. The molecule has 0 bridgehead atoms. The number of anilines is 1. The summed E-state index contributed by atoms with van der Waals surface area (Å²) in [7, 11) is 1.57. The topological polar surface area (TPSA) is 96.7 Å². The number of nitrogens with one attached hydrogen (secondary N) is 2. The number of rotatable bonds is 6. The summed E-state index contributed by atoms with van der Waals surface area (Å²) in [4.78, 5) is 26.4. The highest BCUT2D eigenvalue weighted by atomic mass is 35.5. The summed E-state index contributed by atoms with van der Waals surface area (Å²) in [5, 5.41) is 5.02. The summed E-state index contributed by atoms with van der Waals surface area (Å²) in [5.74, 6) is 0.949. The van der Waals surface area contributed by atoms with Gasteiger partial charge in [0.2, 0.25) is 5.91 Å². The maximum atomic E-state index is 12.3. The Kier molecular flexibility index (Phi) is 8.45. The molecule has 1 saturated heterocycles. The van der Waals surface area contributed by atoms with Crippen molar-refractivity contribution in [2.24, 2.45) is 11.7 Å². The highest BCUT2D eigenvalue weighted by molar-refractivity contribution is 6.01. The molecule has 4 N–H and O–H groups in total. The van der Waals surface area contributed by atoms with Crippen molar-refractivity contribution in [2.75, 3.05) is 38.6 Å². The number of methoxy groups -OCH3 is 1. The number of ether oxygens (including phenoxy) is 1. The summed E-state index contributed by atoms with van der Waals surface area (Å²) in [5.41, 5.74) is 7.76. The molecule has 156 valence electrons. The Labute approximate surface area is 177 Å². The number of hydrogen-bond acceptors (Lipinski definition) is 5. The standard InChI is InChI=1S/C21H26N4O3.ClH/c1-28-18-9-7-17(8-10-18)23-21(27)24-20(26)14-25-12-16(11-22)19(13-25)15-5-3-2-4-6-15;/h2-10,16,19H,11-14,22H2,1H3,(H2,23,24,26,27);1H/t16-,19+;/m1./s1. The maximum Gasteiger partial charge on any atom is 0.325 e. The van der Waals surface area contributed by atoms with Crippen LogP contribution in [-0.4, -0.2) is 50.1 Å². The van der Waals surface area contributed by atoms with Gasteiger partial charge in [0.05, 0.1) is 13.7 Å². The first-order valence-electron chi connectivity index (χ1n) is 9.31. The lowest BCUT2D eigenvalue weighted by Crippen LogP contribution is -2.41. The van der Waals surface area contributed by atoms with E-state index in [0.29, 0.717) is 29.8 Å². The zero-order valence-corrected chi connectivity index (χ0v) is 17.2. The Morgan fingerprint density at radius 3 is 2.41 bits per heavy atom. The van der Waals surface area contributed by atoms with Gasteiger partial charge in [-0.25, -0.2) is 4.79 Å². The molecular weight excluding hydrogens is 392 g/mol. The zero-order chi connectivity index (χ0) is 19.9. The van der Waals surface area contributed by atoms with Crippen molar-refractivity contribution < 1.29 is 14.3 Å². The number of nitrogens with two attached hydrogens (primary N) is 1. The fourth-order valence-electron chi connectivity index (χ4n) is 3.61. The van der Waals surface area contributed by atoms with E-state index in [-0.39, 0.29) is 24.9 Å². The number of likely N-dealkylation sites (tertiary alicyclic amines) is 1. The van der Waals surface area contributed by atoms with Crippen LogP contribution in [-0.2, 0) is 4.79 Å². The molecule has 2 aromatic rings. The highest BCUT2D eigenvalue weighted by Crippen LogP contribution is 2.31. The number of urea groups is 1. The molecule has 0 radical (unpaired) electrons. The van der Waals surface area contributed by atoms with Crippen LogP contribution >= 0.6 is 12.4 Å². The molecule has 29 heavy (non-hydrogen) atoms. The van der Waals surface area contributed by atoms with E-state index < -0.39 is 6.03 Å². The second-order valence-corrected chi connectivity index (χ2v) is 6.94. The molecule has 3 amide bonds. The lowest BCUT2D eigenvalue weighted by molar-refractivity contribution is -0.120. The van der Waals surface area contributed by atoms with Gasteiger partial charge in [-0.05, 0) is 42.3 Å². The van der Waals surface area contributed by atoms with Crippen LogP contribution in [0.3, 0.4) is 0 Å². The average Bonchev–Trinajstić information content (AvgIpc) is 3.11. The number of benzene rings is 2. The van der Waals surface area contributed by atoms with Crippen LogP contribution in [0.5, 0.6) is 5.75 Å². The summed E-state index contributed by atoms with van der Waals surface area (Å²) in [6.45, 7) is 2.22. The number of imide groups is 1. The monoisotopic (exact) mass is 418 g/mol. The second kappa shape index (κ2) is 10.8. The first-order valence-corrected chi connectivity index (χ1v) is 9.31. The Hall–Kier alpha value is -2.61. The van der Waals surface area contributed by atoms with E-state index in [0.717, 1.165) is 13.1 Å². The predicted molar refractivity (Wildman–Crippen MR) is 116 cm³/mol. The van der Waals surface area contributed by atoms with E-state index in [1.54, 1.807) is 31.4 Å². The Balaban J connectivity index is 0.00000300. The van der Waals surface area contributed by atoms with Gasteiger partial charge in [0.1, 0.15) is 5.75 Å². The molecule has 1 fully saturated rings. The van der Waals surface area contributed by atoms with Gasteiger partial charge in [-0.2, -0.15) is 0 Å². The Bertz CT molecular complexity index is 801. The minimum atomic E-state index is -0.552. The van der Waals surface area contributed by atoms with E-state index >= 15 is 0 Å². The molecular formula is C21H27ClN4O3. The van der Waals surface area contributed by atoms with Crippen LogP contribution in [0.1, 0.15) is 11.5 Å².